The number of aromatic nitrogens is 1. The van der Waals surface area contributed by atoms with E-state index in [1.807, 2.05) is 24.3 Å². The molecule has 0 radical (unpaired) electrons. The molecule has 1 aliphatic rings. The molecule has 1 atom stereocenters. The van der Waals surface area contributed by atoms with Crippen molar-refractivity contribution < 1.29 is 9.90 Å². The van der Waals surface area contributed by atoms with Crippen LogP contribution in [0.2, 0.25) is 5.02 Å². The zero-order valence-electron chi connectivity index (χ0n) is 12.9. The molecule has 0 spiro atoms. The third kappa shape index (κ3) is 3.71. The van der Waals surface area contributed by atoms with Gasteiger partial charge in [-0.15, -0.1) is 0 Å². The Morgan fingerprint density at radius 3 is 2.83 bits per heavy atom. The zero-order chi connectivity index (χ0) is 16.4. The molecule has 0 bridgehead atoms. The third-order valence-electron chi connectivity index (χ3n) is 4.13. The van der Waals surface area contributed by atoms with Gasteiger partial charge >= 0.3 is 0 Å². The van der Waals surface area contributed by atoms with Gasteiger partial charge in [0, 0.05) is 25.4 Å². The largest absolute Gasteiger partial charge is 0.391 e. The van der Waals surface area contributed by atoms with E-state index in [9.17, 15) is 9.90 Å². The number of aliphatic hydroxyl groups excluding tert-OH is 1. The van der Waals surface area contributed by atoms with Crippen LogP contribution in [0.25, 0.3) is 11.3 Å². The Morgan fingerprint density at radius 1 is 1.39 bits per heavy atom. The molecule has 1 fully saturated rings. The Balaban J connectivity index is 1.81. The summed E-state index contributed by atoms with van der Waals surface area (Å²) in [4.78, 5) is 18.5. The minimum atomic E-state index is -0.457. The number of amides is 1. The second-order valence-corrected chi connectivity index (χ2v) is 6.41. The smallest absolute Gasteiger partial charge is 0.255 e. The highest BCUT2D eigenvalue weighted by Gasteiger charge is 2.31. The van der Waals surface area contributed by atoms with E-state index in [1.165, 1.54) is 4.90 Å². The molecule has 2 aromatic rings. The van der Waals surface area contributed by atoms with Gasteiger partial charge in [0.25, 0.3) is 5.91 Å². The van der Waals surface area contributed by atoms with Gasteiger partial charge < -0.3 is 10.0 Å². The monoisotopic (exact) mass is 330 g/mol. The van der Waals surface area contributed by atoms with Crippen molar-refractivity contribution >= 4 is 17.5 Å². The maximum atomic E-state index is 12.6. The lowest BCUT2D eigenvalue weighted by Gasteiger charge is -2.21. The number of carbonyl (C=O) groups is 1. The Labute approximate surface area is 140 Å². The lowest BCUT2D eigenvalue weighted by molar-refractivity contribution is 0.0645. The van der Waals surface area contributed by atoms with E-state index < -0.39 is 6.10 Å². The van der Waals surface area contributed by atoms with Gasteiger partial charge in [-0.2, -0.15) is 0 Å². The Morgan fingerprint density at radius 2 is 2.17 bits per heavy atom. The van der Waals surface area contributed by atoms with Crippen molar-refractivity contribution in [3.05, 3.63) is 53.2 Å². The van der Waals surface area contributed by atoms with Crippen LogP contribution in [0.5, 0.6) is 0 Å². The molecule has 4 nitrogen and oxygen atoms in total. The summed E-state index contributed by atoms with van der Waals surface area (Å²) >= 11 is 6.20. The molecule has 1 aromatic carbocycles. The topological polar surface area (TPSA) is 53.4 Å². The van der Waals surface area contributed by atoms with Crippen molar-refractivity contribution in [2.45, 2.75) is 18.9 Å². The maximum absolute atomic E-state index is 12.6. The highest BCUT2D eigenvalue weighted by molar-refractivity contribution is 6.34. The summed E-state index contributed by atoms with van der Waals surface area (Å²) in [6, 6.07) is 10.9. The molecule has 5 heteroatoms. The summed E-state index contributed by atoms with van der Waals surface area (Å²) in [6.45, 7) is 0.327. The fourth-order valence-corrected chi connectivity index (χ4v) is 2.78. The number of aliphatic hydroxyl groups is 1. The fourth-order valence-electron chi connectivity index (χ4n) is 2.58. The van der Waals surface area contributed by atoms with Gasteiger partial charge in [-0.05, 0) is 43.0 Å². The summed E-state index contributed by atoms with van der Waals surface area (Å²) in [6.07, 6.45) is 3.34. The van der Waals surface area contributed by atoms with Crippen LogP contribution in [0.4, 0.5) is 0 Å². The Kier molecular flexibility index (Phi) is 4.64. The Bertz CT molecular complexity index is 701. The Hall–Kier alpha value is -1.91. The van der Waals surface area contributed by atoms with Crippen molar-refractivity contribution in [1.82, 2.24) is 9.88 Å². The second-order valence-electron chi connectivity index (χ2n) is 6.00. The summed E-state index contributed by atoms with van der Waals surface area (Å²) in [7, 11) is 1.69. The van der Waals surface area contributed by atoms with Crippen LogP contribution in [0.15, 0.2) is 42.6 Å². The van der Waals surface area contributed by atoms with E-state index in [4.69, 9.17) is 11.6 Å². The van der Waals surface area contributed by atoms with Crippen LogP contribution in [0.1, 0.15) is 23.2 Å². The van der Waals surface area contributed by atoms with Crippen LogP contribution >= 0.6 is 11.6 Å². The molecule has 1 unspecified atom stereocenters. The van der Waals surface area contributed by atoms with E-state index in [0.717, 1.165) is 24.1 Å². The molecule has 1 aliphatic carbocycles. The number of carbonyl (C=O) groups excluding carboxylic acids is 1. The van der Waals surface area contributed by atoms with Crippen molar-refractivity contribution in [3.8, 4) is 11.3 Å². The summed E-state index contributed by atoms with van der Waals surface area (Å²) in [5.74, 6) is 0.146. The number of rotatable bonds is 5. The van der Waals surface area contributed by atoms with E-state index in [1.54, 1.807) is 25.4 Å². The van der Waals surface area contributed by atoms with Crippen molar-refractivity contribution in [3.63, 3.8) is 0 Å². The minimum Gasteiger partial charge on any atom is -0.391 e. The molecular formula is C18H19ClN2O2. The predicted octanol–water partition coefficient (Wildman–Crippen LogP) is 3.24. The highest BCUT2D eigenvalue weighted by Crippen LogP contribution is 2.33. The first kappa shape index (κ1) is 16.0. The average Bonchev–Trinajstić information content (AvgIpc) is 3.40. The number of likely N-dealkylation sites (N-methyl/N-ethyl adjacent to an activating group) is 1. The SMILES string of the molecule is CN(CC(O)C1CC1)C(=O)c1cc(-c2ccccn2)ccc1Cl. The van der Waals surface area contributed by atoms with Gasteiger partial charge in [-0.3, -0.25) is 9.78 Å². The highest BCUT2D eigenvalue weighted by atomic mass is 35.5. The number of nitrogens with zero attached hydrogens (tertiary/aromatic N) is 2. The zero-order valence-corrected chi connectivity index (χ0v) is 13.7. The van der Waals surface area contributed by atoms with Gasteiger partial charge in [0.15, 0.2) is 0 Å². The summed E-state index contributed by atoms with van der Waals surface area (Å²) < 4.78 is 0. The molecule has 0 saturated heterocycles. The lowest BCUT2D eigenvalue weighted by atomic mass is 10.1. The van der Waals surface area contributed by atoms with Crippen LogP contribution in [-0.4, -0.2) is 40.6 Å². The quantitative estimate of drug-likeness (QED) is 0.915. The van der Waals surface area contributed by atoms with E-state index >= 15 is 0 Å². The fraction of sp³-hybridized carbons (Fsp3) is 0.333. The van der Waals surface area contributed by atoms with E-state index in [-0.39, 0.29) is 5.91 Å². The first-order valence-electron chi connectivity index (χ1n) is 7.70. The second kappa shape index (κ2) is 6.69. The van der Waals surface area contributed by atoms with E-state index in [2.05, 4.69) is 4.98 Å². The van der Waals surface area contributed by atoms with Crippen LogP contribution in [-0.2, 0) is 0 Å². The predicted molar refractivity (Wildman–Crippen MR) is 90.4 cm³/mol. The van der Waals surface area contributed by atoms with Crippen LogP contribution < -0.4 is 0 Å². The molecule has 1 amide bonds. The normalized spacial score (nSPS) is 15.3. The maximum Gasteiger partial charge on any atom is 0.255 e. The van der Waals surface area contributed by atoms with Crippen LogP contribution in [0.3, 0.4) is 0 Å². The minimum absolute atomic E-state index is 0.188. The van der Waals surface area contributed by atoms with Crippen LogP contribution in [0, 0.1) is 5.92 Å². The molecule has 1 N–H and O–H groups in total. The molecule has 1 aromatic heterocycles. The standard InChI is InChI=1S/C18H19ClN2O2/c1-21(11-17(22)12-5-6-12)18(23)14-10-13(7-8-15(14)19)16-4-2-3-9-20-16/h2-4,7-10,12,17,22H,5-6,11H2,1H3. The summed E-state index contributed by atoms with van der Waals surface area (Å²) in [5.41, 5.74) is 2.06. The molecule has 0 aliphatic heterocycles. The van der Waals surface area contributed by atoms with Crippen molar-refractivity contribution in [2.75, 3.05) is 13.6 Å². The van der Waals surface area contributed by atoms with Gasteiger partial charge in [0.2, 0.25) is 0 Å². The first-order valence-corrected chi connectivity index (χ1v) is 8.08. The number of hydrogen-bond acceptors (Lipinski definition) is 3. The molecule has 1 saturated carbocycles. The van der Waals surface area contributed by atoms with Crippen molar-refractivity contribution in [2.24, 2.45) is 5.92 Å². The average molecular weight is 331 g/mol. The lowest BCUT2D eigenvalue weighted by Crippen LogP contribution is -2.35. The van der Waals surface area contributed by atoms with Crippen molar-refractivity contribution in [1.29, 1.82) is 0 Å². The molecule has 3 rings (SSSR count). The molecule has 120 valence electrons. The number of halogens is 1. The molecule has 1 heterocycles. The number of pyridine rings is 1. The van der Waals surface area contributed by atoms with Gasteiger partial charge in [-0.1, -0.05) is 23.7 Å². The number of benzene rings is 1. The summed E-state index contributed by atoms with van der Waals surface area (Å²) in [5, 5.41) is 10.4. The third-order valence-corrected chi connectivity index (χ3v) is 4.46. The van der Waals surface area contributed by atoms with Gasteiger partial charge in [-0.25, -0.2) is 0 Å². The van der Waals surface area contributed by atoms with E-state index in [0.29, 0.717) is 23.0 Å². The molecule has 23 heavy (non-hydrogen) atoms. The molecular weight excluding hydrogens is 312 g/mol. The van der Waals surface area contributed by atoms with Gasteiger partial charge in [0.05, 0.1) is 22.4 Å². The number of hydrogen-bond donors (Lipinski definition) is 1. The van der Waals surface area contributed by atoms with Gasteiger partial charge in [0.1, 0.15) is 0 Å². The first-order chi connectivity index (χ1) is 11.1.